The molecule has 4 nitrogen and oxygen atoms in total. The molecule has 0 fully saturated rings. The van der Waals surface area contributed by atoms with Crippen molar-refractivity contribution in [2.45, 2.75) is 19.4 Å². The minimum absolute atomic E-state index is 0.395. The van der Waals surface area contributed by atoms with Crippen molar-refractivity contribution in [2.24, 2.45) is 0 Å². The van der Waals surface area contributed by atoms with Crippen LogP contribution in [0.15, 0.2) is 30.3 Å². The number of rotatable bonds is 4. The molecule has 19 heavy (non-hydrogen) atoms. The van der Waals surface area contributed by atoms with Gasteiger partial charge in [0.15, 0.2) is 0 Å². The van der Waals surface area contributed by atoms with Gasteiger partial charge in [0.25, 0.3) is 0 Å². The Morgan fingerprint density at radius 1 is 1.37 bits per heavy atom. The van der Waals surface area contributed by atoms with Crippen molar-refractivity contribution in [2.75, 3.05) is 7.05 Å². The molecule has 0 unspecified atom stereocenters. The van der Waals surface area contributed by atoms with Gasteiger partial charge in [0.05, 0.1) is 0 Å². The third-order valence-corrected chi connectivity index (χ3v) is 2.96. The molecule has 0 atom stereocenters. The molecule has 0 aliphatic rings. The van der Waals surface area contributed by atoms with Crippen molar-refractivity contribution in [1.82, 2.24) is 4.90 Å². The quantitative estimate of drug-likeness (QED) is 0.849. The first-order valence-electron chi connectivity index (χ1n) is 5.70. The van der Waals surface area contributed by atoms with E-state index in [2.05, 4.69) is 0 Å². The van der Waals surface area contributed by atoms with Crippen LogP contribution in [-0.2, 0) is 9.59 Å². The molecule has 1 N–H and O–H groups in total. The maximum Gasteiger partial charge on any atom is 0.329 e. The molecule has 1 rings (SSSR count). The van der Waals surface area contributed by atoms with Crippen molar-refractivity contribution in [3.8, 4) is 0 Å². The normalized spacial score (nSPS) is 11.6. The lowest BCUT2D eigenvalue weighted by Gasteiger charge is -2.30. The molecule has 0 saturated heterocycles. The number of hydrogen-bond acceptors (Lipinski definition) is 2. The zero-order valence-corrected chi connectivity index (χ0v) is 11.1. The first kappa shape index (κ1) is 14.9. The van der Waals surface area contributed by atoms with Gasteiger partial charge in [-0.15, -0.1) is 0 Å². The first-order chi connectivity index (χ1) is 8.75. The van der Waals surface area contributed by atoms with E-state index in [1.165, 1.54) is 51.2 Å². The second kappa shape index (κ2) is 5.65. The summed E-state index contributed by atoms with van der Waals surface area (Å²) in [7, 11) is 1.41. The summed E-state index contributed by atoms with van der Waals surface area (Å²) in [6.45, 7) is 2.87. The van der Waals surface area contributed by atoms with E-state index >= 15 is 0 Å². The highest BCUT2D eigenvalue weighted by atomic mass is 19.1. The Labute approximate surface area is 111 Å². The third-order valence-electron chi connectivity index (χ3n) is 2.96. The number of carbonyl (C=O) groups is 2. The van der Waals surface area contributed by atoms with Gasteiger partial charge in [-0.2, -0.15) is 0 Å². The SMILES string of the molecule is CN(C(=O)C=Cc1cccc(F)c1)C(C)(C)C(=O)O. The number of carboxylic acids is 1. The molecular formula is C14H16FNO3. The molecule has 0 heterocycles. The molecule has 0 aliphatic carbocycles. The summed E-state index contributed by atoms with van der Waals surface area (Å²) < 4.78 is 12.9. The van der Waals surface area contributed by atoms with Crippen LogP contribution in [0.25, 0.3) is 6.08 Å². The molecule has 5 heteroatoms. The van der Waals surface area contributed by atoms with Crippen LogP contribution in [0, 0.1) is 5.82 Å². The number of likely N-dealkylation sites (N-methyl/N-ethyl adjacent to an activating group) is 1. The molecular weight excluding hydrogens is 249 g/mol. The maximum absolute atomic E-state index is 12.9. The molecule has 0 saturated carbocycles. The van der Waals surface area contributed by atoms with Crippen LogP contribution in [0.4, 0.5) is 4.39 Å². The lowest BCUT2D eigenvalue weighted by atomic mass is 10.0. The van der Waals surface area contributed by atoms with Crippen molar-refractivity contribution >= 4 is 18.0 Å². The molecule has 1 aromatic carbocycles. The Hall–Kier alpha value is -2.17. The number of carboxylic acid groups (broad SMARTS) is 1. The highest BCUT2D eigenvalue weighted by Crippen LogP contribution is 2.13. The highest BCUT2D eigenvalue weighted by molar-refractivity contribution is 5.95. The van der Waals surface area contributed by atoms with E-state index in [9.17, 15) is 14.0 Å². The summed E-state index contributed by atoms with van der Waals surface area (Å²) in [4.78, 5) is 24.0. The van der Waals surface area contributed by atoms with E-state index in [-0.39, 0.29) is 0 Å². The average molecular weight is 265 g/mol. The Morgan fingerprint density at radius 3 is 2.53 bits per heavy atom. The Kier molecular flexibility index (Phi) is 4.43. The van der Waals surface area contributed by atoms with Gasteiger partial charge in [-0.25, -0.2) is 9.18 Å². The van der Waals surface area contributed by atoms with E-state index in [4.69, 9.17) is 5.11 Å². The Balaban J connectivity index is 2.83. The van der Waals surface area contributed by atoms with E-state index in [1.807, 2.05) is 0 Å². The zero-order valence-electron chi connectivity index (χ0n) is 11.1. The van der Waals surface area contributed by atoms with Gasteiger partial charge in [-0.3, -0.25) is 4.79 Å². The van der Waals surface area contributed by atoms with Crippen LogP contribution >= 0.6 is 0 Å². The van der Waals surface area contributed by atoms with Gasteiger partial charge >= 0.3 is 5.97 Å². The van der Waals surface area contributed by atoms with Crippen LogP contribution in [0.1, 0.15) is 19.4 Å². The van der Waals surface area contributed by atoms with Gasteiger partial charge in [0, 0.05) is 13.1 Å². The topological polar surface area (TPSA) is 57.6 Å². The maximum atomic E-state index is 12.9. The van der Waals surface area contributed by atoms with E-state index < -0.39 is 23.2 Å². The first-order valence-corrected chi connectivity index (χ1v) is 5.70. The molecule has 102 valence electrons. The summed E-state index contributed by atoms with van der Waals surface area (Å²) in [6, 6.07) is 5.77. The van der Waals surface area contributed by atoms with Gasteiger partial charge < -0.3 is 10.0 Å². The number of halogens is 1. The van der Waals surface area contributed by atoms with Crippen molar-refractivity contribution in [1.29, 1.82) is 0 Å². The fraction of sp³-hybridized carbons (Fsp3) is 0.286. The predicted octanol–water partition coefficient (Wildman–Crippen LogP) is 2.16. The number of carbonyl (C=O) groups excluding carboxylic acids is 1. The average Bonchev–Trinajstić information content (AvgIpc) is 2.34. The minimum Gasteiger partial charge on any atom is -0.480 e. The number of amides is 1. The van der Waals surface area contributed by atoms with Crippen LogP contribution in [0.3, 0.4) is 0 Å². The van der Waals surface area contributed by atoms with Crippen molar-refractivity contribution in [3.05, 3.63) is 41.7 Å². The monoisotopic (exact) mass is 265 g/mol. The van der Waals surface area contributed by atoms with Gasteiger partial charge in [0.2, 0.25) is 5.91 Å². The van der Waals surface area contributed by atoms with E-state index in [0.717, 1.165) is 4.90 Å². The highest BCUT2D eigenvalue weighted by Gasteiger charge is 2.34. The van der Waals surface area contributed by atoms with Crippen LogP contribution in [0.2, 0.25) is 0 Å². The van der Waals surface area contributed by atoms with Gasteiger partial charge in [-0.1, -0.05) is 12.1 Å². The summed E-state index contributed by atoms with van der Waals surface area (Å²) >= 11 is 0. The summed E-state index contributed by atoms with van der Waals surface area (Å²) in [5.41, 5.74) is -0.765. The lowest BCUT2D eigenvalue weighted by molar-refractivity contribution is -0.153. The van der Waals surface area contributed by atoms with Gasteiger partial charge in [0.1, 0.15) is 11.4 Å². The number of nitrogens with zero attached hydrogens (tertiary/aromatic N) is 1. The second-order valence-electron chi connectivity index (χ2n) is 4.65. The van der Waals surface area contributed by atoms with Crippen LogP contribution < -0.4 is 0 Å². The van der Waals surface area contributed by atoms with E-state index in [1.54, 1.807) is 6.07 Å². The number of aliphatic carboxylic acids is 1. The second-order valence-corrected chi connectivity index (χ2v) is 4.65. The number of benzene rings is 1. The number of hydrogen-bond donors (Lipinski definition) is 1. The summed E-state index contributed by atoms with van der Waals surface area (Å²) in [5.74, 6) is -1.95. The largest absolute Gasteiger partial charge is 0.480 e. The minimum atomic E-state index is -1.30. The molecule has 0 radical (unpaired) electrons. The summed E-state index contributed by atoms with van der Waals surface area (Å²) in [5, 5.41) is 9.01. The van der Waals surface area contributed by atoms with Crippen molar-refractivity contribution in [3.63, 3.8) is 0 Å². The van der Waals surface area contributed by atoms with E-state index in [0.29, 0.717) is 5.56 Å². The molecule has 0 bridgehead atoms. The smallest absolute Gasteiger partial charge is 0.329 e. The fourth-order valence-corrected chi connectivity index (χ4v) is 1.31. The third kappa shape index (κ3) is 3.64. The molecule has 0 aliphatic heterocycles. The lowest BCUT2D eigenvalue weighted by Crippen LogP contribution is -2.50. The fourth-order valence-electron chi connectivity index (χ4n) is 1.31. The Morgan fingerprint density at radius 2 is 2.00 bits per heavy atom. The Bertz CT molecular complexity index is 523. The van der Waals surface area contributed by atoms with Crippen LogP contribution in [0.5, 0.6) is 0 Å². The van der Waals surface area contributed by atoms with Gasteiger partial charge in [-0.05, 0) is 37.6 Å². The molecule has 0 aromatic heterocycles. The standard InChI is InChI=1S/C14H16FNO3/c1-14(2,13(18)19)16(3)12(17)8-7-10-5-4-6-11(15)9-10/h4-9H,1-3H3,(H,18,19). The summed E-state index contributed by atoms with van der Waals surface area (Å²) in [6.07, 6.45) is 2.67. The van der Waals surface area contributed by atoms with Crippen LogP contribution in [-0.4, -0.2) is 34.5 Å². The predicted molar refractivity (Wildman–Crippen MR) is 69.9 cm³/mol. The van der Waals surface area contributed by atoms with Crippen molar-refractivity contribution < 1.29 is 19.1 Å². The molecule has 0 spiro atoms. The molecule has 1 amide bonds. The zero-order chi connectivity index (χ0) is 14.6. The molecule has 1 aromatic rings.